The van der Waals surface area contributed by atoms with Crippen molar-refractivity contribution in [2.24, 2.45) is 0 Å². The molecule has 1 aliphatic rings. The second kappa shape index (κ2) is 6.50. The average molecular weight is 257 g/mol. The number of hydrogen-bond donors (Lipinski definition) is 2. The van der Waals surface area contributed by atoms with Gasteiger partial charge in [-0.25, -0.2) is 0 Å². The number of piperazine rings is 1. The Hall–Kier alpha value is -0.650. The van der Waals surface area contributed by atoms with Gasteiger partial charge in [0.2, 0.25) is 5.91 Å². The fourth-order valence-electron chi connectivity index (χ4n) is 2.30. The van der Waals surface area contributed by atoms with Crippen molar-refractivity contribution in [1.82, 2.24) is 15.1 Å². The Labute approximate surface area is 110 Å². The second-order valence-electron chi connectivity index (χ2n) is 5.63. The van der Waals surface area contributed by atoms with E-state index in [1.807, 2.05) is 13.8 Å². The molecule has 0 saturated carbocycles. The molecule has 106 valence electrons. The Morgan fingerprint density at radius 3 is 2.44 bits per heavy atom. The third kappa shape index (κ3) is 4.55. The number of rotatable bonds is 5. The maximum atomic E-state index is 12.4. The largest absolute Gasteiger partial charge is 0.389 e. The quantitative estimate of drug-likeness (QED) is 0.722. The van der Waals surface area contributed by atoms with Crippen LogP contribution in [0.2, 0.25) is 0 Å². The van der Waals surface area contributed by atoms with Crippen molar-refractivity contribution in [3.63, 3.8) is 0 Å². The van der Waals surface area contributed by atoms with Gasteiger partial charge in [0.05, 0.1) is 11.6 Å². The van der Waals surface area contributed by atoms with Gasteiger partial charge < -0.3 is 15.3 Å². The van der Waals surface area contributed by atoms with Gasteiger partial charge in [0, 0.05) is 39.3 Å². The Morgan fingerprint density at radius 1 is 1.44 bits per heavy atom. The van der Waals surface area contributed by atoms with E-state index < -0.39 is 5.60 Å². The third-order valence-electron chi connectivity index (χ3n) is 3.33. The number of carbonyl (C=O) groups excluding carboxylic acids is 1. The average Bonchev–Trinajstić information content (AvgIpc) is 2.34. The summed E-state index contributed by atoms with van der Waals surface area (Å²) in [6, 6.07) is -0.102. The molecule has 0 spiro atoms. The highest BCUT2D eigenvalue weighted by molar-refractivity contribution is 5.81. The first-order valence-corrected chi connectivity index (χ1v) is 6.81. The van der Waals surface area contributed by atoms with Gasteiger partial charge >= 0.3 is 0 Å². The van der Waals surface area contributed by atoms with E-state index >= 15 is 0 Å². The predicted molar refractivity (Wildman–Crippen MR) is 72.5 cm³/mol. The lowest BCUT2D eigenvalue weighted by Crippen LogP contribution is -2.55. The first-order chi connectivity index (χ1) is 8.35. The van der Waals surface area contributed by atoms with E-state index in [1.165, 1.54) is 0 Å². The van der Waals surface area contributed by atoms with Crippen molar-refractivity contribution in [3.8, 4) is 0 Å². The predicted octanol–water partition coefficient (Wildman–Crippen LogP) is -0.100. The third-order valence-corrected chi connectivity index (χ3v) is 3.33. The van der Waals surface area contributed by atoms with Crippen LogP contribution in [0.25, 0.3) is 0 Å². The molecule has 2 N–H and O–H groups in total. The molecule has 18 heavy (non-hydrogen) atoms. The molecule has 5 nitrogen and oxygen atoms in total. The van der Waals surface area contributed by atoms with Crippen LogP contribution in [0.15, 0.2) is 0 Å². The molecule has 1 unspecified atom stereocenters. The van der Waals surface area contributed by atoms with Gasteiger partial charge in [-0.15, -0.1) is 0 Å². The van der Waals surface area contributed by atoms with Crippen LogP contribution < -0.4 is 5.32 Å². The minimum atomic E-state index is -0.838. The molecule has 1 atom stereocenters. The van der Waals surface area contributed by atoms with Crippen LogP contribution in [0.5, 0.6) is 0 Å². The van der Waals surface area contributed by atoms with Crippen LogP contribution >= 0.6 is 0 Å². The van der Waals surface area contributed by atoms with Gasteiger partial charge in [-0.1, -0.05) is 0 Å². The van der Waals surface area contributed by atoms with E-state index in [0.717, 1.165) is 26.2 Å². The molecule has 1 fully saturated rings. The second-order valence-corrected chi connectivity index (χ2v) is 5.63. The van der Waals surface area contributed by atoms with Gasteiger partial charge in [0.15, 0.2) is 0 Å². The number of nitrogens with zero attached hydrogens (tertiary/aromatic N) is 2. The Balaban J connectivity index is 2.59. The lowest BCUT2D eigenvalue weighted by atomic mass is 10.1. The molecule has 1 heterocycles. The van der Waals surface area contributed by atoms with E-state index in [0.29, 0.717) is 13.1 Å². The molecule has 0 aromatic heterocycles. The van der Waals surface area contributed by atoms with Crippen molar-refractivity contribution in [3.05, 3.63) is 0 Å². The zero-order chi connectivity index (χ0) is 13.8. The molecule has 1 saturated heterocycles. The van der Waals surface area contributed by atoms with Crippen LogP contribution in [-0.4, -0.2) is 71.7 Å². The molecule has 1 amide bonds. The normalized spacial score (nSPS) is 19.6. The molecule has 5 heteroatoms. The molecule has 1 aliphatic heterocycles. The summed E-state index contributed by atoms with van der Waals surface area (Å²) in [6.07, 6.45) is 0. The van der Waals surface area contributed by atoms with Crippen molar-refractivity contribution in [1.29, 1.82) is 0 Å². The molecule has 0 bridgehead atoms. The van der Waals surface area contributed by atoms with Gasteiger partial charge in [-0.2, -0.15) is 0 Å². The number of likely N-dealkylation sites (N-methyl/N-ethyl adjacent to an activating group) is 1. The Morgan fingerprint density at radius 2 is 2.00 bits per heavy atom. The summed E-state index contributed by atoms with van der Waals surface area (Å²) in [7, 11) is 0. The molecule has 0 aromatic carbocycles. The van der Waals surface area contributed by atoms with Crippen LogP contribution in [-0.2, 0) is 4.79 Å². The van der Waals surface area contributed by atoms with Crippen molar-refractivity contribution >= 4 is 5.91 Å². The number of nitrogens with one attached hydrogen (secondary N) is 1. The summed E-state index contributed by atoms with van der Waals surface area (Å²) in [6.45, 7) is 12.1. The maximum Gasteiger partial charge on any atom is 0.239 e. The minimum Gasteiger partial charge on any atom is -0.389 e. The van der Waals surface area contributed by atoms with Gasteiger partial charge in [-0.05, 0) is 27.7 Å². The van der Waals surface area contributed by atoms with Crippen molar-refractivity contribution < 1.29 is 9.90 Å². The summed E-state index contributed by atoms with van der Waals surface area (Å²) in [5.74, 6) is 0.113. The van der Waals surface area contributed by atoms with Gasteiger partial charge in [0.25, 0.3) is 0 Å². The zero-order valence-electron chi connectivity index (χ0n) is 12.1. The van der Waals surface area contributed by atoms with E-state index in [2.05, 4.69) is 10.2 Å². The highest BCUT2D eigenvalue weighted by atomic mass is 16.3. The Kier molecular flexibility index (Phi) is 5.56. The van der Waals surface area contributed by atoms with E-state index in [9.17, 15) is 9.90 Å². The van der Waals surface area contributed by atoms with Crippen LogP contribution in [0.3, 0.4) is 0 Å². The van der Waals surface area contributed by atoms with E-state index in [-0.39, 0.29) is 11.9 Å². The SMILES string of the molecule is CCN(CC(C)(C)O)C(=O)C(C)N1CCNCC1. The summed E-state index contributed by atoms with van der Waals surface area (Å²) >= 11 is 0. The number of hydrogen-bond acceptors (Lipinski definition) is 4. The number of aliphatic hydroxyl groups is 1. The molecular formula is C13H27N3O2. The summed E-state index contributed by atoms with van der Waals surface area (Å²) < 4.78 is 0. The summed E-state index contributed by atoms with van der Waals surface area (Å²) in [5.41, 5.74) is -0.838. The lowest BCUT2D eigenvalue weighted by Gasteiger charge is -2.36. The lowest BCUT2D eigenvalue weighted by molar-refractivity contribution is -0.139. The number of carbonyl (C=O) groups is 1. The van der Waals surface area contributed by atoms with Crippen LogP contribution in [0.4, 0.5) is 0 Å². The zero-order valence-corrected chi connectivity index (χ0v) is 12.1. The van der Waals surface area contributed by atoms with Gasteiger partial charge in [0.1, 0.15) is 0 Å². The molecule has 1 rings (SSSR count). The topological polar surface area (TPSA) is 55.8 Å². The van der Waals surface area contributed by atoms with Crippen LogP contribution in [0, 0.1) is 0 Å². The van der Waals surface area contributed by atoms with Crippen molar-refractivity contribution in [2.75, 3.05) is 39.3 Å². The molecular weight excluding hydrogens is 230 g/mol. The fourth-order valence-corrected chi connectivity index (χ4v) is 2.30. The first-order valence-electron chi connectivity index (χ1n) is 6.81. The minimum absolute atomic E-state index is 0.102. The monoisotopic (exact) mass is 257 g/mol. The highest BCUT2D eigenvalue weighted by Crippen LogP contribution is 2.10. The smallest absolute Gasteiger partial charge is 0.239 e. The highest BCUT2D eigenvalue weighted by Gasteiger charge is 2.28. The van der Waals surface area contributed by atoms with E-state index in [1.54, 1.807) is 18.7 Å². The van der Waals surface area contributed by atoms with Crippen molar-refractivity contribution in [2.45, 2.75) is 39.3 Å². The van der Waals surface area contributed by atoms with E-state index in [4.69, 9.17) is 0 Å². The Bertz CT molecular complexity index is 270. The fraction of sp³-hybridized carbons (Fsp3) is 0.923. The summed E-state index contributed by atoms with van der Waals surface area (Å²) in [5, 5.41) is 13.1. The number of amides is 1. The standard InChI is InChI=1S/C13H27N3O2/c1-5-15(10-13(3,4)18)12(17)11(2)16-8-6-14-7-9-16/h11,14,18H,5-10H2,1-4H3. The van der Waals surface area contributed by atoms with Crippen LogP contribution in [0.1, 0.15) is 27.7 Å². The maximum absolute atomic E-state index is 12.4. The molecule has 0 radical (unpaired) electrons. The summed E-state index contributed by atoms with van der Waals surface area (Å²) in [4.78, 5) is 16.3. The molecule has 0 aromatic rings. The molecule has 0 aliphatic carbocycles. The van der Waals surface area contributed by atoms with Gasteiger partial charge in [-0.3, -0.25) is 9.69 Å². The first kappa shape index (κ1) is 15.4.